The maximum Gasteiger partial charge on any atom is 0.165 e. The van der Waals surface area contributed by atoms with Crippen molar-refractivity contribution in [2.24, 2.45) is 0 Å². The van der Waals surface area contributed by atoms with Crippen LogP contribution < -0.4 is 14.8 Å². The van der Waals surface area contributed by atoms with Crippen molar-refractivity contribution in [3.8, 4) is 11.5 Å². The summed E-state index contributed by atoms with van der Waals surface area (Å²) < 4.78 is 23.4. The molecule has 1 aromatic carbocycles. The molecule has 0 fully saturated rings. The molecular formula is C11H16FNO2. The molecule has 0 bridgehead atoms. The fourth-order valence-corrected chi connectivity index (χ4v) is 1.38. The lowest BCUT2D eigenvalue weighted by Gasteiger charge is -2.11. The molecule has 0 heterocycles. The number of halogens is 1. The van der Waals surface area contributed by atoms with Crippen LogP contribution >= 0.6 is 0 Å². The lowest BCUT2D eigenvalue weighted by molar-refractivity contribution is 0.371. The van der Waals surface area contributed by atoms with E-state index in [1.54, 1.807) is 13.2 Å². The van der Waals surface area contributed by atoms with Gasteiger partial charge in [0.1, 0.15) is 5.75 Å². The maximum atomic E-state index is 13.4. The highest BCUT2D eigenvalue weighted by Crippen LogP contribution is 2.27. The third-order valence-electron chi connectivity index (χ3n) is 2.20. The van der Waals surface area contributed by atoms with Gasteiger partial charge in [0.25, 0.3) is 0 Å². The monoisotopic (exact) mass is 213 g/mol. The first-order valence-electron chi connectivity index (χ1n) is 4.78. The fraction of sp³-hybridized carbons (Fsp3) is 0.455. The van der Waals surface area contributed by atoms with E-state index in [-0.39, 0.29) is 11.6 Å². The Balaban J connectivity index is 2.98. The highest BCUT2D eigenvalue weighted by Gasteiger charge is 2.10. The number of rotatable bonds is 5. The molecule has 0 aliphatic carbocycles. The van der Waals surface area contributed by atoms with Crippen molar-refractivity contribution in [2.45, 2.75) is 6.42 Å². The van der Waals surface area contributed by atoms with Crippen LogP contribution in [0.15, 0.2) is 12.1 Å². The molecule has 0 aliphatic heterocycles. The average molecular weight is 213 g/mol. The first kappa shape index (κ1) is 11.8. The molecule has 1 N–H and O–H groups in total. The lowest BCUT2D eigenvalue weighted by Crippen LogP contribution is -2.11. The molecule has 15 heavy (non-hydrogen) atoms. The number of likely N-dealkylation sites (N-methyl/N-ethyl adjacent to an activating group) is 1. The van der Waals surface area contributed by atoms with Gasteiger partial charge in [0.2, 0.25) is 0 Å². The first-order chi connectivity index (χ1) is 7.22. The molecule has 0 saturated carbocycles. The Hall–Kier alpha value is -1.29. The Kier molecular flexibility index (Phi) is 4.37. The summed E-state index contributed by atoms with van der Waals surface area (Å²) in [6, 6.07) is 3.02. The number of nitrogens with one attached hydrogen (secondary N) is 1. The number of methoxy groups -OCH3 is 2. The van der Waals surface area contributed by atoms with Gasteiger partial charge in [-0.15, -0.1) is 0 Å². The second-order valence-corrected chi connectivity index (χ2v) is 3.15. The maximum absolute atomic E-state index is 13.4. The van der Waals surface area contributed by atoms with Gasteiger partial charge in [-0.2, -0.15) is 0 Å². The van der Waals surface area contributed by atoms with Crippen LogP contribution in [0.4, 0.5) is 4.39 Å². The molecule has 3 nitrogen and oxygen atoms in total. The van der Waals surface area contributed by atoms with Crippen molar-refractivity contribution in [3.63, 3.8) is 0 Å². The fourth-order valence-electron chi connectivity index (χ4n) is 1.38. The second kappa shape index (κ2) is 5.56. The number of benzene rings is 1. The zero-order chi connectivity index (χ0) is 11.3. The van der Waals surface area contributed by atoms with Crippen molar-refractivity contribution in [2.75, 3.05) is 27.8 Å². The van der Waals surface area contributed by atoms with Crippen molar-refractivity contribution >= 4 is 0 Å². The first-order valence-corrected chi connectivity index (χ1v) is 4.78. The van der Waals surface area contributed by atoms with E-state index in [1.165, 1.54) is 13.2 Å². The zero-order valence-electron chi connectivity index (χ0n) is 9.26. The van der Waals surface area contributed by atoms with Crippen molar-refractivity contribution in [3.05, 3.63) is 23.5 Å². The van der Waals surface area contributed by atoms with Crippen LogP contribution in [0.3, 0.4) is 0 Å². The Morgan fingerprint density at radius 1 is 1.20 bits per heavy atom. The summed E-state index contributed by atoms with van der Waals surface area (Å²) >= 11 is 0. The molecule has 0 radical (unpaired) electrons. The van der Waals surface area contributed by atoms with Crippen LogP contribution in [0.2, 0.25) is 0 Å². The SMILES string of the molecule is CNCCc1cc(F)c(OC)cc1OC. The third-order valence-corrected chi connectivity index (χ3v) is 2.20. The van der Waals surface area contributed by atoms with Crippen LogP contribution in [0.5, 0.6) is 11.5 Å². The number of ether oxygens (including phenoxy) is 2. The topological polar surface area (TPSA) is 30.5 Å². The van der Waals surface area contributed by atoms with Crippen molar-refractivity contribution < 1.29 is 13.9 Å². The minimum Gasteiger partial charge on any atom is -0.496 e. The third kappa shape index (κ3) is 2.83. The summed E-state index contributed by atoms with van der Waals surface area (Å²) in [4.78, 5) is 0. The largest absolute Gasteiger partial charge is 0.496 e. The summed E-state index contributed by atoms with van der Waals surface area (Å²) in [7, 11) is 4.85. The normalized spacial score (nSPS) is 10.1. The predicted molar refractivity (Wildman–Crippen MR) is 57.1 cm³/mol. The number of hydrogen-bond donors (Lipinski definition) is 1. The van der Waals surface area contributed by atoms with Gasteiger partial charge in [0, 0.05) is 6.07 Å². The Bertz CT molecular complexity index is 329. The smallest absolute Gasteiger partial charge is 0.165 e. The van der Waals surface area contributed by atoms with Crippen LogP contribution in [0.25, 0.3) is 0 Å². The highest BCUT2D eigenvalue weighted by molar-refractivity contribution is 5.42. The van der Waals surface area contributed by atoms with Crippen molar-refractivity contribution in [1.29, 1.82) is 0 Å². The van der Waals surface area contributed by atoms with Gasteiger partial charge in [-0.05, 0) is 31.6 Å². The van der Waals surface area contributed by atoms with Gasteiger partial charge in [-0.3, -0.25) is 0 Å². The van der Waals surface area contributed by atoms with Crippen LogP contribution in [-0.4, -0.2) is 27.8 Å². The molecule has 84 valence electrons. The summed E-state index contributed by atoms with van der Waals surface area (Å²) in [6.07, 6.45) is 0.723. The second-order valence-electron chi connectivity index (χ2n) is 3.15. The number of hydrogen-bond acceptors (Lipinski definition) is 3. The van der Waals surface area contributed by atoms with Crippen LogP contribution in [0.1, 0.15) is 5.56 Å². The molecule has 1 aromatic rings. The van der Waals surface area contributed by atoms with E-state index < -0.39 is 0 Å². The van der Waals surface area contributed by atoms with Gasteiger partial charge in [0.15, 0.2) is 11.6 Å². The van der Waals surface area contributed by atoms with E-state index in [4.69, 9.17) is 9.47 Å². The Morgan fingerprint density at radius 3 is 2.40 bits per heavy atom. The molecule has 4 heteroatoms. The van der Waals surface area contributed by atoms with Crippen molar-refractivity contribution in [1.82, 2.24) is 5.32 Å². The standard InChI is InChI=1S/C11H16FNO2/c1-13-5-4-8-6-9(12)11(15-3)7-10(8)14-2/h6-7,13H,4-5H2,1-3H3. The van der Waals surface area contributed by atoms with Gasteiger partial charge in [-0.25, -0.2) is 4.39 Å². The average Bonchev–Trinajstić information content (AvgIpc) is 2.26. The summed E-state index contributed by atoms with van der Waals surface area (Å²) in [5.41, 5.74) is 0.838. The van der Waals surface area contributed by atoms with Gasteiger partial charge >= 0.3 is 0 Å². The van der Waals surface area contributed by atoms with E-state index in [0.29, 0.717) is 5.75 Å². The van der Waals surface area contributed by atoms with E-state index >= 15 is 0 Å². The minimum absolute atomic E-state index is 0.208. The van der Waals surface area contributed by atoms with Crippen LogP contribution in [0, 0.1) is 5.82 Å². The van der Waals surface area contributed by atoms with E-state index in [0.717, 1.165) is 18.5 Å². The van der Waals surface area contributed by atoms with Gasteiger partial charge < -0.3 is 14.8 Å². The van der Waals surface area contributed by atoms with E-state index in [9.17, 15) is 4.39 Å². The molecule has 0 atom stereocenters. The summed E-state index contributed by atoms with van der Waals surface area (Å²) in [5.74, 6) is 0.507. The summed E-state index contributed by atoms with van der Waals surface area (Å²) in [6.45, 7) is 0.780. The lowest BCUT2D eigenvalue weighted by atomic mass is 10.1. The molecule has 1 rings (SSSR count). The zero-order valence-corrected chi connectivity index (χ0v) is 9.26. The molecule has 0 saturated heterocycles. The van der Waals surface area contributed by atoms with Crippen LogP contribution in [-0.2, 0) is 6.42 Å². The van der Waals surface area contributed by atoms with E-state index in [2.05, 4.69) is 5.32 Å². The van der Waals surface area contributed by atoms with E-state index in [1.807, 2.05) is 7.05 Å². The molecule has 0 spiro atoms. The molecule has 0 amide bonds. The minimum atomic E-state index is -0.357. The quantitative estimate of drug-likeness (QED) is 0.806. The van der Waals surface area contributed by atoms with Gasteiger partial charge in [-0.1, -0.05) is 0 Å². The highest BCUT2D eigenvalue weighted by atomic mass is 19.1. The Labute approximate surface area is 89.2 Å². The predicted octanol–water partition coefficient (Wildman–Crippen LogP) is 1.60. The molecule has 0 aliphatic rings. The molecular weight excluding hydrogens is 197 g/mol. The molecule has 0 aromatic heterocycles. The Morgan fingerprint density at radius 2 is 1.87 bits per heavy atom. The molecule has 0 unspecified atom stereocenters. The van der Waals surface area contributed by atoms with Gasteiger partial charge in [0.05, 0.1) is 14.2 Å². The summed E-state index contributed by atoms with van der Waals surface area (Å²) in [5, 5.41) is 3.01.